The lowest BCUT2D eigenvalue weighted by Crippen LogP contribution is -2.46. The van der Waals surface area contributed by atoms with Crippen LogP contribution in [0, 0.1) is 11.8 Å². The zero-order valence-corrected chi connectivity index (χ0v) is 11.8. The zero-order chi connectivity index (χ0) is 14.7. The Balaban J connectivity index is 1.84. The van der Waals surface area contributed by atoms with Crippen LogP contribution in [0.25, 0.3) is 0 Å². The van der Waals surface area contributed by atoms with E-state index < -0.39 is 11.9 Å². The number of hydrogen-bond acceptors (Lipinski definition) is 3. The molecule has 0 aromatic heterocycles. The number of likely N-dealkylation sites (tertiary alicyclic amines) is 1. The Bertz CT molecular complexity index is 402. The Morgan fingerprint density at radius 3 is 2.30 bits per heavy atom. The molecule has 2 aliphatic rings. The molecule has 1 saturated carbocycles. The van der Waals surface area contributed by atoms with E-state index >= 15 is 0 Å². The Morgan fingerprint density at radius 1 is 1.10 bits per heavy atom. The Hall–Kier alpha value is -1.59. The van der Waals surface area contributed by atoms with Crippen molar-refractivity contribution in [1.29, 1.82) is 0 Å². The zero-order valence-electron chi connectivity index (χ0n) is 11.8. The van der Waals surface area contributed by atoms with Gasteiger partial charge in [0, 0.05) is 32.0 Å². The number of hydrogen-bond donors (Lipinski definition) is 2. The van der Waals surface area contributed by atoms with Gasteiger partial charge >= 0.3 is 5.97 Å². The van der Waals surface area contributed by atoms with E-state index in [9.17, 15) is 14.4 Å². The Kier molecular flexibility index (Phi) is 4.62. The molecule has 6 nitrogen and oxygen atoms in total. The highest BCUT2D eigenvalue weighted by atomic mass is 16.4. The molecule has 1 saturated heterocycles. The summed E-state index contributed by atoms with van der Waals surface area (Å²) in [5.74, 6) is -1.37. The minimum Gasteiger partial charge on any atom is -0.481 e. The van der Waals surface area contributed by atoms with Crippen LogP contribution >= 0.6 is 0 Å². The van der Waals surface area contributed by atoms with E-state index in [4.69, 9.17) is 5.11 Å². The summed E-state index contributed by atoms with van der Waals surface area (Å²) in [6, 6.07) is -0.231. The van der Waals surface area contributed by atoms with Crippen LogP contribution < -0.4 is 5.32 Å². The van der Waals surface area contributed by atoms with Gasteiger partial charge in [-0.3, -0.25) is 14.4 Å². The van der Waals surface area contributed by atoms with Gasteiger partial charge in [0.25, 0.3) is 0 Å². The average molecular weight is 282 g/mol. The van der Waals surface area contributed by atoms with E-state index in [1.165, 1.54) is 6.92 Å². The van der Waals surface area contributed by atoms with Gasteiger partial charge in [0.15, 0.2) is 0 Å². The second-order valence-corrected chi connectivity index (χ2v) is 5.77. The summed E-state index contributed by atoms with van der Waals surface area (Å²) in [7, 11) is 0. The second kappa shape index (κ2) is 6.24. The lowest BCUT2D eigenvalue weighted by molar-refractivity contribution is -0.142. The van der Waals surface area contributed by atoms with Crippen molar-refractivity contribution in [1.82, 2.24) is 10.2 Å². The maximum atomic E-state index is 12.2. The maximum absolute atomic E-state index is 12.2. The van der Waals surface area contributed by atoms with E-state index in [-0.39, 0.29) is 23.8 Å². The van der Waals surface area contributed by atoms with Gasteiger partial charge in [-0.15, -0.1) is 0 Å². The molecule has 0 aromatic rings. The fraction of sp³-hybridized carbons (Fsp3) is 0.786. The molecular weight excluding hydrogens is 260 g/mol. The molecule has 2 unspecified atom stereocenters. The second-order valence-electron chi connectivity index (χ2n) is 5.77. The number of aliphatic carboxylic acids is 1. The van der Waals surface area contributed by atoms with Crippen LogP contribution in [0.3, 0.4) is 0 Å². The van der Waals surface area contributed by atoms with Gasteiger partial charge in [-0.1, -0.05) is 6.42 Å². The van der Waals surface area contributed by atoms with Crippen molar-refractivity contribution >= 4 is 17.8 Å². The van der Waals surface area contributed by atoms with Crippen LogP contribution in [-0.4, -0.2) is 46.9 Å². The smallest absolute Gasteiger partial charge is 0.308 e. The van der Waals surface area contributed by atoms with Crippen molar-refractivity contribution in [2.24, 2.45) is 11.8 Å². The van der Waals surface area contributed by atoms with Crippen molar-refractivity contribution < 1.29 is 19.5 Å². The molecule has 6 heteroatoms. The van der Waals surface area contributed by atoms with Crippen LogP contribution in [-0.2, 0) is 14.4 Å². The molecule has 2 amide bonds. The molecule has 2 rings (SSSR count). The van der Waals surface area contributed by atoms with E-state index in [0.29, 0.717) is 32.4 Å². The minimum atomic E-state index is -0.820. The fourth-order valence-electron chi connectivity index (χ4n) is 3.19. The molecule has 2 atom stereocenters. The number of piperidine rings is 1. The Morgan fingerprint density at radius 2 is 1.75 bits per heavy atom. The molecule has 1 heterocycles. The largest absolute Gasteiger partial charge is 0.481 e. The standard InChI is InChI=1S/C14H22N2O4/c1-9(17)16-7-5-10(6-8-16)13(18)15-12-4-2-3-11(12)14(19)20/h10-12H,2-8H2,1H3,(H,15,18)(H,19,20). The highest BCUT2D eigenvalue weighted by Gasteiger charge is 2.35. The van der Waals surface area contributed by atoms with Crippen LogP contribution in [0.5, 0.6) is 0 Å². The number of carboxylic acid groups (broad SMARTS) is 1. The predicted octanol–water partition coefficient (Wildman–Crippen LogP) is 0.614. The summed E-state index contributed by atoms with van der Waals surface area (Å²) in [6.07, 6.45) is 3.56. The molecule has 112 valence electrons. The van der Waals surface area contributed by atoms with Gasteiger partial charge in [0.1, 0.15) is 0 Å². The van der Waals surface area contributed by atoms with Gasteiger partial charge in [-0.05, 0) is 25.7 Å². The third-order valence-corrected chi connectivity index (χ3v) is 4.47. The number of rotatable bonds is 3. The van der Waals surface area contributed by atoms with Crippen molar-refractivity contribution in [2.45, 2.75) is 45.1 Å². The number of nitrogens with zero attached hydrogens (tertiary/aromatic N) is 1. The number of carboxylic acids is 1. The van der Waals surface area contributed by atoms with Gasteiger partial charge in [0.05, 0.1) is 5.92 Å². The first kappa shape index (κ1) is 14.8. The monoisotopic (exact) mass is 282 g/mol. The highest BCUT2D eigenvalue weighted by Crippen LogP contribution is 2.27. The molecule has 0 bridgehead atoms. The summed E-state index contributed by atoms with van der Waals surface area (Å²) >= 11 is 0. The normalized spacial score (nSPS) is 27.4. The number of amides is 2. The summed E-state index contributed by atoms with van der Waals surface area (Å²) in [4.78, 5) is 36.3. The topological polar surface area (TPSA) is 86.7 Å². The molecule has 20 heavy (non-hydrogen) atoms. The van der Waals surface area contributed by atoms with Crippen LogP contribution in [0.1, 0.15) is 39.0 Å². The van der Waals surface area contributed by atoms with E-state index in [0.717, 1.165) is 12.8 Å². The van der Waals surface area contributed by atoms with Crippen molar-refractivity contribution in [2.75, 3.05) is 13.1 Å². The fourth-order valence-corrected chi connectivity index (χ4v) is 3.19. The first-order chi connectivity index (χ1) is 9.49. The summed E-state index contributed by atoms with van der Waals surface area (Å²) in [5.41, 5.74) is 0. The third kappa shape index (κ3) is 3.29. The SMILES string of the molecule is CC(=O)N1CCC(C(=O)NC2CCCC2C(=O)O)CC1. The van der Waals surface area contributed by atoms with E-state index in [1.54, 1.807) is 4.90 Å². The maximum Gasteiger partial charge on any atom is 0.308 e. The Labute approximate surface area is 118 Å². The van der Waals surface area contributed by atoms with Gasteiger partial charge in [-0.2, -0.15) is 0 Å². The number of nitrogens with one attached hydrogen (secondary N) is 1. The van der Waals surface area contributed by atoms with Gasteiger partial charge < -0.3 is 15.3 Å². The number of carbonyl (C=O) groups is 3. The first-order valence-electron chi connectivity index (χ1n) is 7.27. The molecule has 2 fully saturated rings. The molecular formula is C14H22N2O4. The third-order valence-electron chi connectivity index (χ3n) is 4.47. The molecule has 1 aliphatic carbocycles. The van der Waals surface area contributed by atoms with E-state index in [2.05, 4.69) is 5.32 Å². The van der Waals surface area contributed by atoms with Crippen molar-refractivity contribution in [3.63, 3.8) is 0 Å². The van der Waals surface area contributed by atoms with Crippen LogP contribution in [0.4, 0.5) is 0 Å². The summed E-state index contributed by atoms with van der Waals surface area (Å²) in [6.45, 7) is 2.76. The van der Waals surface area contributed by atoms with Crippen LogP contribution in [0.15, 0.2) is 0 Å². The molecule has 2 N–H and O–H groups in total. The summed E-state index contributed by atoms with van der Waals surface area (Å²) in [5, 5.41) is 12.0. The lowest BCUT2D eigenvalue weighted by Gasteiger charge is -2.31. The lowest BCUT2D eigenvalue weighted by atomic mass is 9.94. The molecule has 0 spiro atoms. The quantitative estimate of drug-likeness (QED) is 0.794. The van der Waals surface area contributed by atoms with Crippen molar-refractivity contribution in [3.8, 4) is 0 Å². The van der Waals surface area contributed by atoms with Crippen LogP contribution in [0.2, 0.25) is 0 Å². The minimum absolute atomic E-state index is 0.0468. The van der Waals surface area contributed by atoms with Gasteiger partial charge in [-0.25, -0.2) is 0 Å². The summed E-state index contributed by atoms with van der Waals surface area (Å²) < 4.78 is 0. The first-order valence-corrected chi connectivity index (χ1v) is 7.27. The average Bonchev–Trinajstić information content (AvgIpc) is 2.87. The van der Waals surface area contributed by atoms with Gasteiger partial charge in [0.2, 0.25) is 11.8 Å². The number of carbonyl (C=O) groups excluding carboxylic acids is 2. The molecule has 1 aliphatic heterocycles. The van der Waals surface area contributed by atoms with Crippen molar-refractivity contribution in [3.05, 3.63) is 0 Å². The predicted molar refractivity (Wildman–Crippen MR) is 71.9 cm³/mol. The van der Waals surface area contributed by atoms with E-state index in [1.807, 2.05) is 0 Å². The highest BCUT2D eigenvalue weighted by molar-refractivity contribution is 5.81. The molecule has 0 aromatic carbocycles. The molecule has 0 radical (unpaired) electrons.